The lowest BCUT2D eigenvalue weighted by Gasteiger charge is -2.31. The highest BCUT2D eigenvalue weighted by Crippen LogP contribution is 2.28. The van der Waals surface area contributed by atoms with Crippen LogP contribution in [0, 0.1) is 0 Å². The normalized spacial score (nSPS) is 11.6. The van der Waals surface area contributed by atoms with Gasteiger partial charge in [-0.1, -0.05) is 55.2 Å². The standard InChI is InChI=1S/C22H25BrCl2N2O3/c1-3-11-26-22(29)19(4-2)27(13-15-7-5-6-8-18(15)25)21(28)14-30-20-10-9-16(24)12-17(20)23/h5-10,12,19H,3-4,11,13-14H2,1-2H3,(H,26,29). The van der Waals surface area contributed by atoms with E-state index in [0.29, 0.717) is 33.2 Å². The van der Waals surface area contributed by atoms with E-state index < -0.39 is 6.04 Å². The van der Waals surface area contributed by atoms with Crippen molar-refractivity contribution in [1.29, 1.82) is 0 Å². The molecule has 2 amide bonds. The highest BCUT2D eigenvalue weighted by Gasteiger charge is 2.29. The van der Waals surface area contributed by atoms with Crippen LogP contribution in [0.25, 0.3) is 0 Å². The van der Waals surface area contributed by atoms with Crippen LogP contribution < -0.4 is 10.1 Å². The first-order valence-corrected chi connectivity index (χ1v) is 11.3. The molecule has 5 nitrogen and oxygen atoms in total. The molecule has 0 fully saturated rings. The van der Waals surface area contributed by atoms with Crippen LogP contribution >= 0.6 is 39.1 Å². The van der Waals surface area contributed by atoms with Gasteiger partial charge in [-0.15, -0.1) is 0 Å². The second-order valence-electron chi connectivity index (χ2n) is 6.69. The van der Waals surface area contributed by atoms with Crippen molar-refractivity contribution < 1.29 is 14.3 Å². The number of carbonyl (C=O) groups is 2. The molecule has 0 radical (unpaired) electrons. The summed E-state index contributed by atoms with van der Waals surface area (Å²) in [6, 6.07) is 11.7. The molecule has 0 saturated carbocycles. The Kier molecular flexibility index (Phi) is 9.95. The van der Waals surface area contributed by atoms with Crippen molar-refractivity contribution in [2.24, 2.45) is 0 Å². The third-order valence-corrected chi connectivity index (χ3v) is 5.70. The molecule has 0 aliphatic rings. The number of amides is 2. The molecule has 2 aromatic rings. The molecule has 0 aliphatic heterocycles. The molecular weight excluding hydrogens is 491 g/mol. The van der Waals surface area contributed by atoms with Crippen LogP contribution in [0.1, 0.15) is 32.3 Å². The fraction of sp³-hybridized carbons (Fsp3) is 0.364. The third kappa shape index (κ3) is 6.89. The number of hydrogen-bond donors (Lipinski definition) is 1. The van der Waals surface area contributed by atoms with E-state index in [4.69, 9.17) is 27.9 Å². The summed E-state index contributed by atoms with van der Waals surface area (Å²) in [6.45, 7) is 4.40. The molecule has 0 saturated heterocycles. The minimum atomic E-state index is -0.627. The van der Waals surface area contributed by atoms with E-state index in [2.05, 4.69) is 21.2 Å². The molecule has 0 aliphatic carbocycles. The zero-order valence-electron chi connectivity index (χ0n) is 17.0. The Morgan fingerprint density at radius 3 is 2.53 bits per heavy atom. The molecule has 2 aromatic carbocycles. The Hall–Kier alpha value is -1.76. The van der Waals surface area contributed by atoms with E-state index in [9.17, 15) is 9.59 Å². The highest BCUT2D eigenvalue weighted by molar-refractivity contribution is 9.10. The van der Waals surface area contributed by atoms with Gasteiger partial charge in [-0.3, -0.25) is 9.59 Å². The maximum absolute atomic E-state index is 13.1. The molecule has 0 heterocycles. The van der Waals surface area contributed by atoms with Gasteiger partial charge in [-0.2, -0.15) is 0 Å². The topological polar surface area (TPSA) is 58.6 Å². The molecule has 30 heavy (non-hydrogen) atoms. The maximum atomic E-state index is 13.1. The van der Waals surface area contributed by atoms with Gasteiger partial charge in [-0.05, 0) is 58.6 Å². The second kappa shape index (κ2) is 12.2. The van der Waals surface area contributed by atoms with Crippen LogP contribution in [0.4, 0.5) is 0 Å². The largest absolute Gasteiger partial charge is 0.483 e. The number of carbonyl (C=O) groups excluding carboxylic acids is 2. The second-order valence-corrected chi connectivity index (χ2v) is 8.39. The molecule has 8 heteroatoms. The van der Waals surface area contributed by atoms with Crippen molar-refractivity contribution >= 4 is 50.9 Å². The molecule has 0 spiro atoms. The minimum absolute atomic E-state index is 0.188. The molecule has 0 aromatic heterocycles. The van der Waals surface area contributed by atoms with E-state index in [1.165, 1.54) is 4.90 Å². The highest BCUT2D eigenvalue weighted by atomic mass is 79.9. The lowest BCUT2D eigenvalue weighted by atomic mass is 10.1. The van der Waals surface area contributed by atoms with Gasteiger partial charge in [0.25, 0.3) is 5.91 Å². The van der Waals surface area contributed by atoms with Gasteiger partial charge in [0.2, 0.25) is 5.91 Å². The van der Waals surface area contributed by atoms with E-state index in [1.54, 1.807) is 24.3 Å². The SMILES string of the molecule is CCCNC(=O)C(CC)N(Cc1ccccc1Cl)C(=O)COc1ccc(Cl)cc1Br. The number of rotatable bonds is 10. The van der Waals surface area contributed by atoms with Crippen molar-refractivity contribution in [2.45, 2.75) is 39.3 Å². The maximum Gasteiger partial charge on any atom is 0.261 e. The summed E-state index contributed by atoms with van der Waals surface area (Å²) in [4.78, 5) is 27.4. The minimum Gasteiger partial charge on any atom is -0.483 e. The predicted molar refractivity (Wildman–Crippen MR) is 124 cm³/mol. The van der Waals surface area contributed by atoms with Crippen LogP contribution in [-0.4, -0.2) is 35.9 Å². The summed E-state index contributed by atoms with van der Waals surface area (Å²) in [5.41, 5.74) is 0.766. The molecule has 0 bridgehead atoms. The molecule has 1 unspecified atom stereocenters. The van der Waals surface area contributed by atoms with Crippen molar-refractivity contribution in [2.75, 3.05) is 13.2 Å². The van der Waals surface area contributed by atoms with Gasteiger partial charge >= 0.3 is 0 Å². The Morgan fingerprint density at radius 1 is 1.17 bits per heavy atom. The predicted octanol–water partition coefficient (Wildman–Crippen LogP) is 5.47. The van der Waals surface area contributed by atoms with Crippen molar-refractivity contribution in [3.8, 4) is 5.75 Å². The number of benzene rings is 2. The third-order valence-electron chi connectivity index (χ3n) is 4.48. The molecular formula is C22H25BrCl2N2O3. The van der Waals surface area contributed by atoms with E-state index >= 15 is 0 Å². The number of hydrogen-bond acceptors (Lipinski definition) is 3. The van der Waals surface area contributed by atoms with Crippen molar-refractivity contribution in [1.82, 2.24) is 10.2 Å². The Balaban J connectivity index is 2.22. The molecule has 2 rings (SSSR count). The van der Waals surface area contributed by atoms with Crippen LogP contribution in [0.2, 0.25) is 10.0 Å². The summed E-state index contributed by atoms with van der Waals surface area (Å²) >= 11 is 15.6. The lowest BCUT2D eigenvalue weighted by molar-refractivity contribution is -0.143. The molecule has 1 atom stereocenters. The number of halogens is 3. The Labute approximate surface area is 195 Å². The summed E-state index contributed by atoms with van der Waals surface area (Å²) in [5, 5.41) is 3.98. The quantitative estimate of drug-likeness (QED) is 0.456. The van der Waals surface area contributed by atoms with Gasteiger partial charge in [0, 0.05) is 23.1 Å². The Bertz CT molecular complexity index is 879. The Morgan fingerprint density at radius 2 is 1.90 bits per heavy atom. The lowest BCUT2D eigenvalue weighted by Crippen LogP contribution is -2.50. The van der Waals surface area contributed by atoms with Gasteiger partial charge < -0.3 is 15.0 Å². The van der Waals surface area contributed by atoms with Crippen molar-refractivity contribution in [3.63, 3.8) is 0 Å². The van der Waals surface area contributed by atoms with Gasteiger partial charge in [0.05, 0.1) is 4.47 Å². The zero-order chi connectivity index (χ0) is 22.1. The fourth-order valence-corrected chi connectivity index (χ4v) is 3.90. The average Bonchev–Trinajstić information content (AvgIpc) is 2.72. The summed E-state index contributed by atoms with van der Waals surface area (Å²) in [5.74, 6) is -0.00313. The first-order valence-electron chi connectivity index (χ1n) is 9.75. The van der Waals surface area contributed by atoms with Crippen molar-refractivity contribution in [3.05, 3.63) is 62.5 Å². The van der Waals surface area contributed by atoms with Crippen LogP contribution in [0.5, 0.6) is 5.75 Å². The number of nitrogens with one attached hydrogen (secondary N) is 1. The number of ether oxygens (including phenoxy) is 1. The van der Waals surface area contributed by atoms with Crippen LogP contribution in [0.15, 0.2) is 46.9 Å². The van der Waals surface area contributed by atoms with E-state index in [-0.39, 0.29) is 25.0 Å². The average molecular weight is 516 g/mol. The fourth-order valence-electron chi connectivity index (χ4n) is 2.91. The van der Waals surface area contributed by atoms with Gasteiger partial charge in [0.15, 0.2) is 6.61 Å². The first-order chi connectivity index (χ1) is 14.4. The summed E-state index contributed by atoms with van der Waals surface area (Å²) in [6.07, 6.45) is 1.28. The summed E-state index contributed by atoms with van der Waals surface area (Å²) in [7, 11) is 0. The van der Waals surface area contributed by atoms with Gasteiger partial charge in [-0.25, -0.2) is 0 Å². The molecule has 1 N–H and O–H groups in total. The van der Waals surface area contributed by atoms with E-state index in [1.807, 2.05) is 32.0 Å². The first kappa shape index (κ1) is 24.5. The van der Waals surface area contributed by atoms with Crippen LogP contribution in [-0.2, 0) is 16.1 Å². The van der Waals surface area contributed by atoms with E-state index in [0.717, 1.165) is 12.0 Å². The van der Waals surface area contributed by atoms with Gasteiger partial charge in [0.1, 0.15) is 11.8 Å². The molecule has 162 valence electrons. The monoisotopic (exact) mass is 514 g/mol. The zero-order valence-corrected chi connectivity index (χ0v) is 20.1. The summed E-state index contributed by atoms with van der Waals surface area (Å²) < 4.78 is 6.34. The smallest absolute Gasteiger partial charge is 0.261 e. The van der Waals surface area contributed by atoms with Crippen LogP contribution in [0.3, 0.4) is 0 Å². The number of nitrogens with zero attached hydrogens (tertiary/aromatic N) is 1.